The van der Waals surface area contributed by atoms with Crippen LogP contribution >= 0.6 is 0 Å². The van der Waals surface area contributed by atoms with Gasteiger partial charge in [0, 0.05) is 6.04 Å². The van der Waals surface area contributed by atoms with Crippen molar-refractivity contribution >= 4 is 5.97 Å². The molecular formula is C17H34N2O2. The number of esters is 1. The average molecular weight is 298 g/mol. The molecule has 1 aliphatic rings. The summed E-state index contributed by atoms with van der Waals surface area (Å²) in [5, 5.41) is 0. The summed E-state index contributed by atoms with van der Waals surface area (Å²) < 4.78 is 4.73. The van der Waals surface area contributed by atoms with E-state index in [-0.39, 0.29) is 5.97 Å². The third-order valence-electron chi connectivity index (χ3n) is 5.13. The van der Waals surface area contributed by atoms with Gasteiger partial charge in [0.05, 0.1) is 7.11 Å². The lowest BCUT2D eigenvalue weighted by molar-refractivity contribution is -0.146. The molecule has 124 valence electrons. The maximum absolute atomic E-state index is 11.5. The highest BCUT2D eigenvalue weighted by atomic mass is 16.5. The van der Waals surface area contributed by atoms with Crippen molar-refractivity contribution in [2.24, 2.45) is 11.7 Å². The quantitative estimate of drug-likeness (QED) is 0.553. The monoisotopic (exact) mass is 298 g/mol. The van der Waals surface area contributed by atoms with Crippen molar-refractivity contribution < 1.29 is 9.53 Å². The van der Waals surface area contributed by atoms with Crippen LogP contribution in [0.4, 0.5) is 0 Å². The van der Waals surface area contributed by atoms with Crippen LogP contribution in [0.1, 0.15) is 65.2 Å². The highest BCUT2D eigenvalue weighted by Gasteiger charge is 2.28. The van der Waals surface area contributed by atoms with Crippen LogP contribution in [0.25, 0.3) is 0 Å². The SMILES string of the molecule is CCC1CCC(N(C)CCCCC(C)(N)C(=O)OC)CC1. The fourth-order valence-electron chi connectivity index (χ4n) is 3.37. The zero-order chi connectivity index (χ0) is 15.9. The minimum Gasteiger partial charge on any atom is -0.468 e. The molecule has 0 aliphatic heterocycles. The van der Waals surface area contributed by atoms with E-state index < -0.39 is 5.54 Å². The van der Waals surface area contributed by atoms with E-state index in [4.69, 9.17) is 10.5 Å². The summed E-state index contributed by atoms with van der Waals surface area (Å²) in [5.74, 6) is 0.640. The Morgan fingerprint density at radius 2 is 1.90 bits per heavy atom. The second kappa shape index (κ2) is 8.74. The van der Waals surface area contributed by atoms with Crippen molar-refractivity contribution in [2.45, 2.75) is 76.8 Å². The van der Waals surface area contributed by atoms with Crippen molar-refractivity contribution in [1.29, 1.82) is 0 Å². The van der Waals surface area contributed by atoms with E-state index in [1.54, 1.807) is 6.92 Å². The Kier molecular flexibility index (Phi) is 7.67. The normalized spacial score (nSPS) is 25.6. The Hall–Kier alpha value is -0.610. The van der Waals surface area contributed by atoms with Crippen molar-refractivity contribution in [2.75, 3.05) is 20.7 Å². The minimum absolute atomic E-state index is 0.311. The molecule has 1 atom stereocenters. The van der Waals surface area contributed by atoms with Crippen molar-refractivity contribution in [3.05, 3.63) is 0 Å². The van der Waals surface area contributed by atoms with Crippen LogP contribution in [0.3, 0.4) is 0 Å². The zero-order valence-corrected chi connectivity index (χ0v) is 14.4. The number of hydrogen-bond acceptors (Lipinski definition) is 4. The summed E-state index contributed by atoms with van der Waals surface area (Å²) in [6.45, 7) is 5.16. The van der Waals surface area contributed by atoms with Crippen LogP contribution in [0.2, 0.25) is 0 Å². The minimum atomic E-state index is -0.841. The van der Waals surface area contributed by atoms with E-state index in [2.05, 4.69) is 18.9 Å². The van der Waals surface area contributed by atoms with Crippen LogP contribution < -0.4 is 5.73 Å². The number of carbonyl (C=O) groups excluding carboxylic acids is 1. The molecule has 0 aromatic carbocycles. The fraction of sp³-hybridized carbons (Fsp3) is 0.941. The third kappa shape index (κ3) is 5.95. The van der Waals surface area contributed by atoms with Crippen molar-refractivity contribution in [3.8, 4) is 0 Å². The van der Waals surface area contributed by atoms with Gasteiger partial charge in [0.25, 0.3) is 0 Å². The number of carbonyl (C=O) groups is 1. The van der Waals surface area contributed by atoms with Gasteiger partial charge >= 0.3 is 5.97 Å². The number of nitrogens with two attached hydrogens (primary N) is 1. The van der Waals surface area contributed by atoms with E-state index in [0.717, 1.165) is 31.3 Å². The van der Waals surface area contributed by atoms with Crippen molar-refractivity contribution in [3.63, 3.8) is 0 Å². The van der Waals surface area contributed by atoms with Crippen LogP contribution in [0, 0.1) is 5.92 Å². The Balaban J connectivity index is 2.19. The van der Waals surface area contributed by atoms with E-state index in [1.165, 1.54) is 39.2 Å². The lowest BCUT2D eigenvalue weighted by Crippen LogP contribution is -2.45. The van der Waals surface area contributed by atoms with E-state index >= 15 is 0 Å². The lowest BCUT2D eigenvalue weighted by Gasteiger charge is -2.34. The lowest BCUT2D eigenvalue weighted by atomic mass is 9.84. The average Bonchev–Trinajstić information content (AvgIpc) is 2.50. The van der Waals surface area contributed by atoms with Gasteiger partial charge in [0.15, 0.2) is 0 Å². The molecule has 1 rings (SSSR count). The van der Waals surface area contributed by atoms with Gasteiger partial charge in [-0.05, 0) is 71.4 Å². The van der Waals surface area contributed by atoms with E-state index in [9.17, 15) is 4.79 Å². The first-order valence-electron chi connectivity index (χ1n) is 8.48. The summed E-state index contributed by atoms with van der Waals surface area (Å²) in [6.07, 6.45) is 9.53. The first kappa shape index (κ1) is 18.4. The molecule has 0 aromatic rings. The fourth-order valence-corrected chi connectivity index (χ4v) is 3.37. The predicted octanol–water partition coefficient (Wildman–Crippen LogP) is 2.95. The maximum atomic E-state index is 11.5. The van der Waals surface area contributed by atoms with Gasteiger partial charge in [-0.25, -0.2) is 0 Å². The molecule has 4 nitrogen and oxygen atoms in total. The summed E-state index contributed by atoms with van der Waals surface area (Å²) >= 11 is 0. The molecule has 0 aromatic heterocycles. The molecule has 0 spiro atoms. The first-order chi connectivity index (χ1) is 9.90. The molecule has 1 fully saturated rings. The second-order valence-corrected chi connectivity index (χ2v) is 6.93. The largest absolute Gasteiger partial charge is 0.468 e. The van der Waals surface area contributed by atoms with Crippen LogP contribution in [-0.2, 0) is 9.53 Å². The first-order valence-corrected chi connectivity index (χ1v) is 8.48. The molecule has 1 saturated carbocycles. The summed E-state index contributed by atoms with van der Waals surface area (Å²) in [6, 6.07) is 0.748. The van der Waals surface area contributed by atoms with Crippen LogP contribution in [-0.4, -0.2) is 43.2 Å². The third-order valence-corrected chi connectivity index (χ3v) is 5.13. The highest BCUT2D eigenvalue weighted by molar-refractivity contribution is 5.79. The molecule has 2 N–H and O–H groups in total. The molecule has 1 aliphatic carbocycles. The number of nitrogens with zero attached hydrogens (tertiary/aromatic N) is 1. The molecule has 4 heteroatoms. The maximum Gasteiger partial charge on any atom is 0.325 e. The summed E-state index contributed by atoms with van der Waals surface area (Å²) in [7, 11) is 3.63. The summed E-state index contributed by atoms with van der Waals surface area (Å²) in [4.78, 5) is 14.0. The van der Waals surface area contributed by atoms with E-state index in [0.29, 0.717) is 6.42 Å². The number of rotatable bonds is 8. The number of unbranched alkanes of at least 4 members (excludes halogenated alkanes) is 1. The summed E-state index contributed by atoms with van der Waals surface area (Å²) in [5.41, 5.74) is 5.13. The smallest absolute Gasteiger partial charge is 0.325 e. The van der Waals surface area contributed by atoms with Gasteiger partial charge in [-0.1, -0.05) is 13.3 Å². The molecule has 0 heterocycles. The zero-order valence-electron chi connectivity index (χ0n) is 14.4. The standard InChI is InChI=1S/C17H34N2O2/c1-5-14-8-10-15(11-9-14)19(3)13-7-6-12-17(2,18)16(20)21-4/h14-15H,5-13,18H2,1-4H3. The van der Waals surface area contributed by atoms with Gasteiger partial charge in [0.1, 0.15) is 5.54 Å². The molecule has 0 amide bonds. The van der Waals surface area contributed by atoms with Gasteiger partial charge in [-0.2, -0.15) is 0 Å². The molecule has 0 saturated heterocycles. The Labute approximate surface area is 130 Å². The van der Waals surface area contributed by atoms with Crippen molar-refractivity contribution in [1.82, 2.24) is 4.90 Å². The van der Waals surface area contributed by atoms with Crippen LogP contribution in [0.5, 0.6) is 0 Å². The Bertz CT molecular complexity index is 310. The number of ether oxygens (including phenoxy) is 1. The van der Waals surface area contributed by atoms with Gasteiger partial charge < -0.3 is 15.4 Å². The molecule has 0 radical (unpaired) electrons. The molecular weight excluding hydrogens is 264 g/mol. The van der Waals surface area contributed by atoms with E-state index in [1.807, 2.05) is 0 Å². The number of methoxy groups -OCH3 is 1. The Morgan fingerprint density at radius 1 is 1.29 bits per heavy atom. The van der Waals surface area contributed by atoms with Gasteiger partial charge in [-0.3, -0.25) is 4.79 Å². The number of hydrogen-bond donors (Lipinski definition) is 1. The second-order valence-electron chi connectivity index (χ2n) is 6.93. The predicted molar refractivity (Wildman–Crippen MR) is 87.1 cm³/mol. The molecule has 21 heavy (non-hydrogen) atoms. The molecule has 0 bridgehead atoms. The van der Waals surface area contributed by atoms with Crippen LogP contribution in [0.15, 0.2) is 0 Å². The van der Waals surface area contributed by atoms with Gasteiger partial charge in [0.2, 0.25) is 0 Å². The van der Waals surface area contributed by atoms with Gasteiger partial charge in [-0.15, -0.1) is 0 Å². The molecule has 1 unspecified atom stereocenters. The Morgan fingerprint density at radius 3 is 2.43 bits per heavy atom. The topological polar surface area (TPSA) is 55.6 Å². The highest BCUT2D eigenvalue weighted by Crippen LogP contribution is 2.29.